The number of nitrogens with zero attached hydrogens (tertiary/aromatic N) is 6. The number of hydrogen-bond donors (Lipinski definition) is 2. The minimum absolute atomic E-state index is 0.0224. The van der Waals surface area contributed by atoms with Crippen molar-refractivity contribution in [3.8, 4) is 5.75 Å². The Morgan fingerprint density at radius 3 is 2.48 bits per heavy atom. The van der Waals surface area contributed by atoms with Crippen molar-refractivity contribution in [2.24, 2.45) is 5.92 Å². The molecule has 0 aliphatic heterocycles. The van der Waals surface area contributed by atoms with E-state index in [1.807, 2.05) is 30.9 Å². The van der Waals surface area contributed by atoms with E-state index in [0.29, 0.717) is 35.6 Å². The molecule has 3 fully saturated rings. The molecule has 31 heavy (non-hydrogen) atoms. The van der Waals surface area contributed by atoms with Crippen molar-refractivity contribution in [3.63, 3.8) is 0 Å². The smallest absolute Gasteiger partial charge is 0.294 e. The van der Waals surface area contributed by atoms with Crippen LogP contribution in [-0.2, 0) is 0 Å². The molecule has 11 nitrogen and oxygen atoms in total. The monoisotopic (exact) mass is 428 g/mol. The molecular weight excluding hydrogens is 400 g/mol. The number of benzene rings is 1. The number of rotatable bonds is 10. The Kier molecular flexibility index (Phi) is 5.52. The predicted octanol–water partition coefficient (Wildman–Crippen LogP) is 2.49. The second-order valence-electron chi connectivity index (χ2n) is 8.66. The van der Waals surface area contributed by atoms with Gasteiger partial charge in [0.15, 0.2) is 0 Å². The molecule has 11 heteroatoms. The lowest BCUT2D eigenvalue weighted by Gasteiger charge is -2.61. The largest absolute Gasteiger partial charge is 0.494 e. The lowest BCUT2D eigenvalue weighted by Crippen LogP contribution is -2.63. The number of nitrogens with one attached hydrogen (secondary N) is 2. The van der Waals surface area contributed by atoms with Crippen LogP contribution >= 0.6 is 0 Å². The van der Waals surface area contributed by atoms with Crippen LogP contribution in [0.1, 0.15) is 19.3 Å². The van der Waals surface area contributed by atoms with Crippen LogP contribution in [0.3, 0.4) is 0 Å². The van der Waals surface area contributed by atoms with Gasteiger partial charge in [-0.05, 0) is 39.3 Å². The first-order chi connectivity index (χ1) is 14.8. The van der Waals surface area contributed by atoms with Gasteiger partial charge in [-0.3, -0.25) is 10.1 Å². The van der Waals surface area contributed by atoms with Gasteiger partial charge in [-0.2, -0.15) is 4.98 Å². The lowest BCUT2D eigenvalue weighted by molar-refractivity contribution is -0.384. The van der Waals surface area contributed by atoms with Gasteiger partial charge in [-0.25, -0.2) is 9.97 Å². The number of hydrogen-bond acceptors (Lipinski definition) is 10. The predicted molar refractivity (Wildman–Crippen MR) is 118 cm³/mol. The van der Waals surface area contributed by atoms with Gasteiger partial charge in [0.2, 0.25) is 11.9 Å². The molecule has 0 radical (unpaired) electrons. The Morgan fingerprint density at radius 1 is 1.19 bits per heavy atom. The molecule has 0 amide bonds. The van der Waals surface area contributed by atoms with Gasteiger partial charge in [-0.1, -0.05) is 0 Å². The first-order valence-corrected chi connectivity index (χ1v) is 10.2. The van der Waals surface area contributed by atoms with Gasteiger partial charge in [0.25, 0.3) is 5.69 Å². The highest BCUT2D eigenvalue weighted by Crippen LogP contribution is 2.58. The van der Waals surface area contributed by atoms with E-state index in [-0.39, 0.29) is 11.2 Å². The third-order valence-corrected chi connectivity index (χ3v) is 6.02. The Bertz CT molecular complexity index is 966. The highest BCUT2D eigenvalue weighted by Gasteiger charge is 2.57. The molecule has 2 bridgehead atoms. The van der Waals surface area contributed by atoms with Gasteiger partial charge >= 0.3 is 0 Å². The van der Waals surface area contributed by atoms with Crippen molar-refractivity contribution in [3.05, 3.63) is 28.6 Å². The molecule has 3 saturated carbocycles. The number of likely N-dealkylation sites (N-methyl/N-ethyl adjacent to an activating group) is 2. The first-order valence-electron chi connectivity index (χ1n) is 10.2. The summed E-state index contributed by atoms with van der Waals surface area (Å²) in [5.41, 5.74) is 1.02. The van der Waals surface area contributed by atoms with E-state index in [1.165, 1.54) is 19.5 Å². The van der Waals surface area contributed by atoms with E-state index in [0.717, 1.165) is 31.7 Å². The van der Waals surface area contributed by atoms with Gasteiger partial charge < -0.3 is 25.2 Å². The number of anilines is 4. The van der Waals surface area contributed by atoms with Gasteiger partial charge in [0, 0.05) is 37.8 Å². The van der Waals surface area contributed by atoms with Crippen LogP contribution in [-0.4, -0.2) is 71.7 Å². The fourth-order valence-corrected chi connectivity index (χ4v) is 4.15. The summed E-state index contributed by atoms with van der Waals surface area (Å²) in [6.45, 7) is 1.40. The van der Waals surface area contributed by atoms with Crippen molar-refractivity contribution in [2.45, 2.75) is 24.8 Å². The van der Waals surface area contributed by atoms with Crippen LogP contribution in [0.15, 0.2) is 18.5 Å². The summed E-state index contributed by atoms with van der Waals surface area (Å²) in [4.78, 5) is 28.1. The topological polar surface area (TPSA) is 122 Å². The number of nitro groups is 1. The second kappa shape index (κ2) is 8.14. The van der Waals surface area contributed by atoms with Crippen LogP contribution in [0.4, 0.5) is 29.0 Å². The van der Waals surface area contributed by atoms with E-state index in [2.05, 4.69) is 25.6 Å². The molecule has 3 aliphatic rings. The third kappa shape index (κ3) is 4.31. The minimum atomic E-state index is -0.394. The Labute approximate surface area is 181 Å². The van der Waals surface area contributed by atoms with Crippen LogP contribution < -0.4 is 20.3 Å². The van der Waals surface area contributed by atoms with E-state index >= 15 is 0 Å². The molecule has 0 spiro atoms. The summed E-state index contributed by atoms with van der Waals surface area (Å²) in [6.07, 6.45) is 4.90. The van der Waals surface area contributed by atoms with Crippen LogP contribution in [0.2, 0.25) is 0 Å². The maximum absolute atomic E-state index is 11.8. The molecule has 1 heterocycles. The fourth-order valence-electron chi connectivity index (χ4n) is 4.15. The Balaban J connectivity index is 1.57. The van der Waals surface area contributed by atoms with Crippen LogP contribution in [0.25, 0.3) is 0 Å². The first kappa shape index (κ1) is 21.0. The summed E-state index contributed by atoms with van der Waals surface area (Å²) in [6, 6.07) is 3.12. The van der Waals surface area contributed by atoms with Gasteiger partial charge in [0.05, 0.1) is 17.7 Å². The average Bonchev–Trinajstić information content (AvgIpc) is 2.68. The molecule has 1 aromatic carbocycles. The van der Waals surface area contributed by atoms with Crippen molar-refractivity contribution in [1.82, 2.24) is 19.9 Å². The summed E-state index contributed by atoms with van der Waals surface area (Å²) < 4.78 is 5.50. The third-order valence-electron chi connectivity index (χ3n) is 6.02. The summed E-state index contributed by atoms with van der Waals surface area (Å²) in [5.74, 6) is 2.10. The highest BCUT2D eigenvalue weighted by molar-refractivity contribution is 5.76. The lowest BCUT2D eigenvalue weighted by atomic mass is 9.50. The maximum atomic E-state index is 11.8. The number of nitro benzene ring substituents is 1. The Hall–Kier alpha value is -3.21. The van der Waals surface area contributed by atoms with Crippen LogP contribution in [0.5, 0.6) is 5.75 Å². The van der Waals surface area contributed by atoms with Gasteiger partial charge in [0.1, 0.15) is 17.8 Å². The molecule has 166 valence electrons. The zero-order chi connectivity index (χ0) is 22.2. The summed E-state index contributed by atoms with van der Waals surface area (Å²) in [7, 11) is 7.27. The SMILES string of the molecule is COc1cc(N(C)CCN(C)C)c([N+](=O)[O-])cc1Nc1ncnc(NC23CC(C2)C3)n1. The normalized spacial score (nSPS) is 21.1. The van der Waals surface area contributed by atoms with E-state index in [4.69, 9.17) is 4.74 Å². The molecule has 0 atom stereocenters. The van der Waals surface area contributed by atoms with E-state index in [9.17, 15) is 10.1 Å². The van der Waals surface area contributed by atoms with Crippen molar-refractivity contribution in [1.29, 1.82) is 0 Å². The molecule has 0 saturated heterocycles. The number of aromatic nitrogens is 3. The van der Waals surface area contributed by atoms with Gasteiger partial charge in [-0.15, -0.1) is 0 Å². The zero-order valence-electron chi connectivity index (χ0n) is 18.3. The molecular formula is C20H28N8O3. The molecule has 1 aromatic heterocycles. The molecule has 3 aliphatic carbocycles. The molecule has 5 rings (SSSR count). The summed E-state index contributed by atoms with van der Waals surface area (Å²) >= 11 is 0. The molecule has 0 unspecified atom stereocenters. The van der Waals surface area contributed by atoms with Crippen molar-refractivity contribution in [2.75, 3.05) is 56.9 Å². The quantitative estimate of drug-likeness (QED) is 0.431. The average molecular weight is 428 g/mol. The maximum Gasteiger partial charge on any atom is 0.294 e. The number of ether oxygens (including phenoxy) is 1. The standard InChI is InChI=1S/C20H28N8O3/c1-26(2)5-6-27(3)15-8-17(31-4)14(7-16(15)28(29)30)23-18-21-12-22-19(24-18)25-20-9-13(10-20)11-20/h7-8,12-13H,5-6,9-11H2,1-4H3,(H2,21,22,23,24,25). The number of methoxy groups -OCH3 is 1. The van der Waals surface area contributed by atoms with Crippen LogP contribution in [0, 0.1) is 16.0 Å². The molecule has 2 aromatic rings. The van der Waals surface area contributed by atoms with Crippen molar-refractivity contribution < 1.29 is 9.66 Å². The van der Waals surface area contributed by atoms with E-state index < -0.39 is 4.92 Å². The zero-order valence-corrected chi connectivity index (χ0v) is 18.3. The minimum Gasteiger partial charge on any atom is -0.494 e. The fraction of sp³-hybridized carbons (Fsp3) is 0.550. The van der Waals surface area contributed by atoms with E-state index in [1.54, 1.807) is 6.07 Å². The second-order valence-corrected chi connectivity index (χ2v) is 8.66. The molecule has 2 N–H and O–H groups in total. The summed E-state index contributed by atoms with van der Waals surface area (Å²) in [5, 5.41) is 18.2. The Morgan fingerprint density at radius 2 is 1.90 bits per heavy atom. The highest BCUT2D eigenvalue weighted by atomic mass is 16.6. The van der Waals surface area contributed by atoms with Crippen molar-refractivity contribution >= 4 is 29.0 Å².